The van der Waals surface area contributed by atoms with Crippen molar-refractivity contribution in [1.82, 2.24) is 4.90 Å². The van der Waals surface area contributed by atoms with Gasteiger partial charge < -0.3 is 10.0 Å². The van der Waals surface area contributed by atoms with Crippen LogP contribution in [-0.2, 0) is 17.8 Å². The number of rotatable bonds is 5. The van der Waals surface area contributed by atoms with E-state index in [1.807, 2.05) is 63.1 Å². The van der Waals surface area contributed by atoms with E-state index in [2.05, 4.69) is 23.1 Å². The molecule has 0 fully saturated rings. The summed E-state index contributed by atoms with van der Waals surface area (Å²) in [4.78, 5) is 16.8. The molecule has 0 aliphatic carbocycles. The summed E-state index contributed by atoms with van der Waals surface area (Å²) in [5.41, 5.74) is 3.92. The number of fused-ring (bicyclic) bond motifs is 1. The molecule has 4 nitrogen and oxygen atoms in total. The normalized spacial score (nSPS) is 15.4. The molecule has 1 N–H and O–H groups in total. The molecule has 0 aromatic heterocycles. The lowest BCUT2D eigenvalue weighted by Gasteiger charge is -2.34. The van der Waals surface area contributed by atoms with Crippen LogP contribution in [-0.4, -0.2) is 36.1 Å². The maximum atomic E-state index is 12.8. The smallest absolute Gasteiger partial charge is 0.232 e. The lowest BCUT2D eigenvalue weighted by Crippen LogP contribution is -2.42. The molecule has 1 atom stereocenters. The molecule has 0 saturated heterocycles. The van der Waals surface area contributed by atoms with Gasteiger partial charge in [0.1, 0.15) is 0 Å². The van der Waals surface area contributed by atoms with Crippen LogP contribution in [0.4, 0.5) is 5.69 Å². The molecule has 1 heterocycles. The molecule has 0 radical (unpaired) electrons. The molecule has 1 unspecified atom stereocenters. The van der Waals surface area contributed by atoms with Crippen LogP contribution < -0.4 is 4.90 Å². The zero-order valence-corrected chi connectivity index (χ0v) is 17.5. The van der Waals surface area contributed by atoms with E-state index in [9.17, 15) is 9.90 Å². The summed E-state index contributed by atoms with van der Waals surface area (Å²) in [6, 6.07) is 16.3. The van der Waals surface area contributed by atoms with Gasteiger partial charge in [-0.1, -0.05) is 63.2 Å². The van der Waals surface area contributed by atoms with Gasteiger partial charge in [-0.15, -0.1) is 0 Å². The third-order valence-corrected chi connectivity index (χ3v) is 5.27. The van der Waals surface area contributed by atoms with Crippen LogP contribution in [0.3, 0.4) is 0 Å². The van der Waals surface area contributed by atoms with E-state index < -0.39 is 11.5 Å². The van der Waals surface area contributed by atoms with Gasteiger partial charge in [-0.3, -0.25) is 9.69 Å². The third kappa shape index (κ3) is 4.81. The van der Waals surface area contributed by atoms with Gasteiger partial charge in [0.2, 0.25) is 5.91 Å². The molecule has 0 saturated carbocycles. The highest BCUT2D eigenvalue weighted by atomic mass is 16.3. The van der Waals surface area contributed by atoms with E-state index in [0.29, 0.717) is 6.54 Å². The van der Waals surface area contributed by atoms with Crippen molar-refractivity contribution in [3.63, 3.8) is 0 Å². The second-order valence-electron chi connectivity index (χ2n) is 8.90. The molecule has 4 heteroatoms. The number of aliphatic hydroxyl groups is 1. The standard InChI is InChI=1S/C24H32N2O2/c1-24(2,3)23(28)26-14-8-11-19-15-20(12-13-21(19)26)22(27)17-25(4)16-18-9-6-5-7-10-18/h5-7,9-10,12-13,15,22,27H,8,11,14,16-17H2,1-4H3. The Morgan fingerprint density at radius 2 is 1.89 bits per heavy atom. The Balaban J connectivity index is 1.71. The number of nitrogens with zero attached hydrogens (tertiary/aromatic N) is 2. The van der Waals surface area contributed by atoms with Crippen LogP contribution in [0.1, 0.15) is 50.0 Å². The summed E-state index contributed by atoms with van der Waals surface area (Å²) in [5.74, 6) is 0.157. The predicted octanol–water partition coefficient (Wildman–Crippen LogP) is 4.18. The molecule has 2 aromatic rings. The largest absolute Gasteiger partial charge is 0.387 e. The highest BCUT2D eigenvalue weighted by Gasteiger charge is 2.31. The minimum atomic E-state index is -0.548. The maximum Gasteiger partial charge on any atom is 0.232 e. The Hall–Kier alpha value is -2.17. The van der Waals surface area contributed by atoms with Crippen molar-refractivity contribution >= 4 is 11.6 Å². The molecule has 1 amide bonds. The average molecular weight is 381 g/mol. The van der Waals surface area contributed by atoms with Gasteiger partial charge in [0, 0.05) is 30.7 Å². The zero-order chi connectivity index (χ0) is 20.3. The van der Waals surface area contributed by atoms with Crippen LogP contribution in [0, 0.1) is 5.41 Å². The first-order chi connectivity index (χ1) is 13.3. The van der Waals surface area contributed by atoms with Gasteiger partial charge in [-0.05, 0) is 42.6 Å². The van der Waals surface area contributed by atoms with Crippen LogP contribution in [0.25, 0.3) is 0 Å². The summed E-state index contributed by atoms with van der Waals surface area (Å²) >= 11 is 0. The van der Waals surface area contributed by atoms with E-state index in [0.717, 1.165) is 42.7 Å². The van der Waals surface area contributed by atoms with Crippen molar-refractivity contribution in [2.75, 3.05) is 25.0 Å². The number of anilines is 1. The second-order valence-corrected chi connectivity index (χ2v) is 8.90. The van der Waals surface area contributed by atoms with Gasteiger partial charge in [0.25, 0.3) is 0 Å². The molecule has 2 aromatic carbocycles. The van der Waals surface area contributed by atoms with Gasteiger partial charge >= 0.3 is 0 Å². The maximum absolute atomic E-state index is 12.8. The highest BCUT2D eigenvalue weighted by molar-refractivity contribution is 5.98. The Kier molecular flexibility index (Phi) is 6.21. The number of amides is 1. The minimum absolute atomic E-state index is 0.157. The number of carbonyl (C=O) groups excluding carboxylic acids is 1. The van der Waals surface area contributed by atoms with Crippen LogP contribution >= 0.6 is 0 Å². The lowest BCUT2D eigenvalue weighted by atomic mass is 9.91. The monoisotopic (exact) mass is 380 g/mol. The number of carbonyl (C=O) groups is 1. The Morgan fingerprint density at radius 3 is 2.57 bits per heavy atom. The number of benzene rings is 2. The van der Waals surface area contributed by atoms with Crippen LogP contribution in [0.2, 0.25) is 0 Å². The fourth-order valence-electron chi connectivity index (χ4n) is 3.80. The van der Waals surface area contributed by atoms with Crippen molar-refractivity contribution in [3.8, 4) is 0 Å². The summed E-state index contributed by atoms with van der Waals surface area (Å²) in [5, 5.41) is 10.8. The zero-order valence-electron chi connectivity index (χ0n) is 17.5. The molecule has 1 aliphatic heterocycles. The molecule has 1 aliphatic rings. The molecule has 0 spiro atoms. The number of hydrogen-bond acceptors (Lipinski definition) is 3. The average Bonchev–Trinajstić information content (AvgIpc) is 2.66. The van der Waals surface area contributed by atoms with E-state index in [1.165, 1.54) is 5.56 Å². The summed E-state index contributed by atoms with van der Waals surface area (Å²) in [7, 11) is 2.03. The molecule has 0 bridgehead atoms. The Labute approximate surface area is 168 Å². The van der Waals surface area contributed by atoms with Crippen molar-refractivity contribution in [2.24, 2.45) is 5.41 Å². The van der Waals surface area contributed by atoms with Gasteiger partial charge in [0.15, 0.2) is 0 Å². The number of aryl methyl sites for hydroxylation is 1. The van der Waals surface area contributed by atoms with Crippen LogP contribution in [0.5, 0.6) is 0 Å². The lowest BCUT2D eigenvalue weighted by molar-refractivity contribution is -0.125. The summed E-state index contributed by atoms with van der Waals surface area (Å²) < 4.78 is 0. The number of aliphatic hydroxyl groups excluding tert-OH is 1. The SMILES string of the molecule is CN(Cc1ccccc1)CC(O)c1ccc2c(c1)CCCN2C(=O)C(C)(C)C. The quantitative estimate of drug-likeness (QED) is 0.846. The van der Waals surface area contributed by atoms with Crippen molar-refractivity contribution in [3.05, 3.63) is 65.2 Å². The molecular weight excluding hydrogens is 348 g/mol. The first kappa shape index (κ1) is 20.6. The summed E-state index contributed by atoms with van der Waals surface area (Å²) in [6.45, 7) is 8.03. The van der Waals surface area contributed by atoms with Crippen molar-refractivity contribution < 1.29 is 9.90 Å². The Morgan fingerprint density at radius 1 is 1.18 bits per heavy atom. The van der Waals surface area contributed by atoms with Gasteiger partial charge in [0.05, 0.1) is 6.10 Å². The van der Waals surface area contributed by atoms with Crippen molar-refractivity contribution in [1.29, 1.82) is 0 Å². The van der Waals surface area contributed by atoms with Gasteiger partial charge in [-0.25, -0.2) is 0 Å². The Bertz CT molecular complexity index is 811. The topological polar surface area (TPSA) is 43.8 Å². The fourth-order valence-corrected chi connectivity index (χ4v) is 3.80. The second kappa shape index (κ2) is 8.46. The van der Waals surface area contributed by atoms with E-state index in [4.69, 9.17) is 0 Å². The van der Waals surface area contributed by atoms with E-state index >= 15 is 0 Å². The summed E-state index contributed by atoms with van der Waals surface area (Å²) in [6.07, 6.45) is 1.36. The van der Waals surface area contributed by atoms with E-state index in [-0.39, 0.29) is 5.91 Å². The third-order valence-electron chi connectivity index (χ3n) is 5.27. The predicted molar refractivity (Wildman–Crippen MR) is 114 cm³/mol. The highest BCUT2D eigenvalue weighted by Crippen LogP contribution is 2.33. The van der Waals surface area contributed by atoms with Gasteiger partial charge in [-0.2, -0.15) is 0 Å². The molecule has 150 valence electrons. The molecule has 3 rings (SSSR count). The fraction of sp³-hybridized carbons (Fsp3) is 0.458. The van der Waals surface area contributed by atoms with E-state index in [1.54, 1.807) is 0 Å². The number of likely N-dealkylation sites (N-methyl/N-ethyl adjacent to an activating group) is 1. The number of hydrogen-bond donors (Lipinski definition) is 1. The first-order valence-electron chi connectivity index (χ1n) is 10.1. The minimum Gasteiger partial charge on any atom is -0.387 e. The molecular formula is C24H32N2O2. The van der Waals surface area contributed by atoms with Crippen molar-refractivity contribution in [2.45, 2.75) is 46.3 Å². The first-order valence-corrected chi connectivity index (χ1v) is 10.1. The molecule has 28 heavy (non-hydrogen) atoms. The van der Waals surface area contributed by atoms with Crippen LogP contribution in [0.15, 0.2) is 48.5 Å².